The molecule has 2 aromatic rings. The van der Waals surface area contributed by atoms with E-state index >= 15 is 0 Å². The molecule has 0 spiro atoms. The standard InChI is InChI=1S/C18H14BrN3O2/c19-14(13-9-5-2-6-10-13)15-17(23)16(22-24)18(21-15)20-11-12-7-3-1-4-8-12/h1-10,24H,11H2,(H,20,21)/b15-14-,22-16-. The van der Waals surface area contributed by atoms with Crippen LogP contribution in [0.4, 0.5) is 0 Å². The molecule has 1 aliphatic rings. The molecule has 0 aromatic heterocycles. The van der Waals surface area contributed by atoms with E-state index in [1.807, 2.05) is 60.7 Å². The number of amidine groups is 1. The highest BCUT2D eigenvalue weighted by Crippen LogP contribution is 2.26. The van der Waals surface area contributed by atoms with Gasteiger partial charge < -0.3 is 10.5 Å². The van der Waals surface area contributed by atoms with Crippen LogP contribution in [-0.4, -0.2) is 22.5 Å². The molecule has 0 saturated carbocycles. The van der Waals surface area contributed by atoms with Crippen LogP contribution in [0.5, 0.6) is 0 Å². The molecule has 24 heavy (non-hydrogen) atoms. The minimum atomic E-state index is -0.403. The van der Waals surface area contributed by atoms with Crippen molar-refractivity contribution in [2.24, 2.45) is 10.1 Å². The summed E-state index contributed by atoms with van der Waals surface area (Å²) in [6, 6.07) is 19.0. The summed E-state index contributed by atoms with van der Waals surface area (Å²) in [5.74, 6) is -0.144. The number of halogens is 1. The fourth-order valence-electron chi connectivity index (χ4n) is 2.30. The van der Waals surface area contributed by atoms with E-state index < -0.39 is 5.78 Å². The van der Waals surface area contributed by atoms with Gasteiger partial charge in [-0.2, -0.15) is 0 Å². The van der Waals surface area contributed by atoms with Crippen molar-refractivity contribution in [2.75, 3.05) is 0 Å². The monoisotopic (exact) mass is 383 g/mol. The first-order chi connectivity index (χ1) is 11.7. The van der Waals surface area contributed by atoms with Crippen molar-refractivity contribution in [2.45, 2.75) is 6.54 Å². The largest absolute Gasteiger partial charge is 0.410 e. The summed E-state index contributed by atoms with van der Waals surface area (Å²) in [4.78, 5) is 16.8. The third-order valence-corrected chi connectivity index (χ3v) is 4.37. The van der Waals surface area contributed by atoms with Gasteiger partial charge in [-0.05, 0) is 27.1 Å². The Morgan fingerprint density at radius 2 is 1.67 bits per heavy atom. The Bertz CT molecular complexity index is 843. The van der Waals surface area contributed by atoms with Gasteiger partial charge in [0.2, 0.25) is 5.78 Å². The molecule has 2 N–H and O–H groups in total. The van der Waals surface area contributed by atoms with Gasteiger partial charge in [-0.15, -0.1) is 0 Å². The second-order valence-corrected chi connectivity index (χ2v) is 5.90. The first-order valence-electron chi connectivity index (χ1n) is 7.28. The van der Waals surface area contributed by atoms with Crippen LogP contribution in [0.25, 0.3) is 4.48 Å². The zero-order valence-corrected chi connectivity index (χ0v) is 14.2. The number of benzene rings is 2. The fourth-order valence-corrected chi connectivity index (χ4v) is 2.85. The van der Waals surface area contributed by atoms with Crippen LogP contribution in [0.1, 0.15) is 11.1 Å². The second kappa shape index (κ2) is 7.23. The molecule has 1 saturated heterocycles. The van der Waals surface area contributed by atoms with Gasteiger partial charge in [-0.3, -0.25) is 9.79 Å². The number of nitrogens with zero attached hydrogens (tertiary/aromatic N) is 2. The molecule has 0 atom stereocenters. The summed E-state index contributed by atoms with van der Waals surface area (Å²) in [6.07, 6.45) is 0. The molecule has 0 aliphatic carbocycles. The number of nitrogens with one attached hydrogen (secondary N) is 1. The molecule has 3 rings (SSSR count). The van der Waals surface area contributed by atoms with E-state index in [0.717, 1.165) is 11.1 Å². The fraction of sp³-hybridized carbons (Fsp3) is 0.0556. The number of aliphatic imine (C=N–C) groups is 1. The van der Waals surface area contributed by atoms with Crippen molar-refractivity contribution in [3.05, 3.63) is 77.5 Å². The minimum absolute atomic E-state index is 0.0891. The topological polar surface area (TPSA) is 74.0 Å². The lowest BCUT2D eigenvalue weighted by atomic mass is 10.1. The number of carbonyl (C=O) groups excluding carboxylic acids is 1. The summed E-state index contributed by atoms with van der Waals surface area (Å²) >= 11 is 3.44. The molecule has 0 bridgehead atoms. The molecule has 0 amide bonds. The van der Waals surface area contributed by atoms with E-state index in [2.05, 4.69) is 31.4 Å². The third kappa shape index (κ3) is 3.28. The number of rotatable bonds is 3. The van der Waals surface area contributed by atoms with Gasteiger partial charge in [0.05, 0.1) is 11.0 Å². The van der Waals surface area contributed by atoms with Crippen LogP contribution in [0, 0.1) is 0 Å². The second-order valence-electron chi connectivity index (χ2n) is 5.11. The molecule has 120 valence electrons. The average molecular weight is 384 g/mol. The Morgan fingerprint density at radius 3 is 2.29 bits per heavy atom. The van der Waals surface area contributed by atoms with Gasteiger partial charge in [0, 0.05) is 0 Å². The van der Waals surface area contributed by atoms with E-state index in [1.54, 1.807) is 0 Å². The van der Waals surface area contributed by atoms with Crippen LogP contribution < -0.4 is 5.32 Å². The molecule has 5 nitrogen and oxygen atoms in total. The Morgan fingerprint density at radius 1 is 1.04 bits per heavy atom. The number of allylic oxidation sites excluding steroid dienone is 1. The zero-order valence-electron chi connectivity index (χ0n) is 12.6. The predicted octanol–water partition coefficient (Wildman–Crippen LogP) is 3.35. The maximum atomic E-state index is 12.5. The Kier molecular flexibility index (Phi) is 4.86. The normalized spacial score (nSPS) is 19.6. The van der Waals surface area contributed by atoms with E-state index in [1.165, 1.54) is 0 Å². The van der Waals surface area contributed by atoms with Crippen LogP contribution in [-0.2, 0) is 11.3 Å². The molecule has 1 fully saturated rings. The lowest BCUT2D eigenvalue weighted by Crippen LogP contribution is -2.20. The summed E-state index contributed by atoms with van der Waals surface area (Å²) in [6.45, 7) is 0.381. The highest BCUT2D eigenvalue weighted by molar-refractivity contribution is 9.15. The van der Waals surface area contributed by atoms with E-state index in [0.29, 0.717) is 16.7 Å². The molecule has 0 unspecified atom stereocenters. The molecule has 1 heterocycles. The zero-order chi connectivity index (χ0) is 16.9. The smallest absolute Gasteiger partial charge is 0.235 e. The molecular weight excluding hydrogens is 370 g/mol. The number of Topliss-reactive ketones (excluding diaryl/α,β-unsaturated/α-hetero) is 1. The number of hydrogen-bond acceptors (Lipinski definition) is 4. The quantitative estimate of drug-likeness (QED) is 0.484. The van der Waals surface area contributed by atoms with E-state index in [4.69, 9.17) is 0 Å². The SMILES string of the molecule is O=C1/C(=C(/Br)c2ccccc2)NC(=NCc2ccccc2)/C1=N\O. The highest BCUT2D eigenvalue weighted by Gasteiger charge is 2.34. The number of ketones is 1. The number of oxime groups is 1. The summed E-state index contributed by atoms with van der Waals surface area (Å²) in [7, 11) is 0. The van der Waals surface area contributed by atoms with Crippen molar-refractivity contribution in [1.82, 2.24) is 5.32 Å². The molecule has 6 heteroatoms. The van der Waals surface area contributed by atoms with Gasteiger partial charge in [-0.1, -0.05) is 65.8 Å². The summed E-state index contributed by atoms with van der Waals surface area (Å²) < 4.78 is 0.596. The maximum absolute atomic E-state index is 12.5. The van der Waals surface area contributed by atoms with Crippen LogP contribution in [0.2, 0.25) is 0 Å². The van der Waals surface area contributed by atoms with Crippen molar-refractivity contribution in [3.63, 3.8) is 0 Å². The Hall–Kier alpha value is -2.73. The first-order valence-corrected chi connectivity index (χ1v) is 8.07. The molecule has 0 radical (unpaired) electrons. The Balaban J connectivity index is 1.92. The Labute approximate surface area is 147 Å². The van der Waals surface area contributed by atoms with Gasteiger partial charge >= 0.3 is 0 Å². The lowest BCUT2D eigenvalue weighted by molar-refractivity contribution is -0.109. The predicted molar refractivity (Wildman–Crippen MR) is 97.2 cm³/mol. The van der Waals surface area contributed by atoms with Crippen molar-refractivity contribution in [3.8, 4) is 0 Å². The lowest BCUT2D eigenvalue weighted by Gasteiger charge is -2.03. The molecule has 1 aliphatic heterocycles. The first kappa shape index (κ1) is 16.1. The third-order valence-electron chi connectivity index (χ3n) is 3.52. The van der Waals surface area contributed by atoms with Crippen LogP contribution >= 0.6 is 15.9 Å². The maximum Gasteiger partial charge on any atom is 0.235 e. The number of carbonyl (C=O) groups is 1. The number of hydrogen-bond donors (Lipinski definition) is 2. The van der Waals surface area contributed by atoms with Gasteiger partial charge in [0.15, 0.2) is 11.5 Å². The summed E-state index contributed by atoms with van der Waals surface area (Å²) in [5.41, 5.74) is 2.06. The molecular formula is C18H14BrN3O2. The summed E-state index contributed by atoms with van der Waals surface area (Å²) in [5, 5.41) is 15.2. The van der Waals surface area contributed by atoms with E-state index in [9.17, 15) is 10.0 Å². The van der Waals surface area contributed by atoms with Gasteiger partial charge in [0.1, 0.15) is 5.70 Å². The van der Waals surface area contributed by atoms with Crippen molar-refractivity contribution >= 4 is 37.7 Å². The van der Waals surface area contributed by atoms with Crippen LogP contribution in [0.15, 0.2) is 76.5 Å². The molecule has 2 aromatic carbocycles. The van der Waals surface area contributed by atoms with Crippen molar-refractivity contribution in [1.29, 1.82) is 0 Å². The van der Waals surface area contributed by atoms with Crippen molar-refractivity contribution < 1.29 is 10.0 Å². The highest BCUT2D eigenvalue weighted by atomic mass is 79.9. The van der Waals surface area contributed by atoms with Crippen LogP contribution in [0.3, 0.4) is 0 Å². The average Bonchev–Trinajstić information content (AvgIpc) is 2.96. The minimum Gasteiger partial charge on any atom is -0.410 e. The van der Waals surface area contributed by atoms with E-state index in [-0.39, 0.29) is 11.5 Å². The van der Waals surface area contributed by atoms with Gasteiger partial charge in [-0.25, -0.2) is 0 Å². The van der Waals surface area contributed by atoms with Gasteiger partial charge in [0.25, 0.3) is 0 Å².